The standard InChI is InChI=1S/C16H21NOS/c1-2-3-5-10-14(18)11-16-17-15(12-19-16)13-8-6-4-7-9-13/h4,6-9,12,14,18H,2-3,5,10-11H2,1H3. The maximum atomic E-state index is 9.98. The highest BCUT2D eigenvalue weighted by molar-refractivity contribution is 7.09. The van der Waals surface area contributed by atoms with Gasteiger partial charge in [-0.15, -0.1) is 11.3 Å². The van der Waals surface area contributed by atoms with Gasteiger partial charge in [0.05, 0.1) is 16.8 Å². The molecule has 1 heterocycles. The molecule has 102 valence electrons. The van der Waals surface area contributed by atoms with Crippen molar-refractivity contribution >= 4 is 11.3 Å². The molecule has 0 bridgehead atoms. The first-order valence-corrected chi connectivity index (χ1v) is 7.85. The molecule has 2 nitrogen and oxygen atoms in total. The van der Waals surface area contributed by atoms with Gasteiger partial charge in [0.2, 0.25) is 0 Å². The minimum atomic E-state index is -0.249. The first-order valence-electron chi connectivity index (χ1n) is 6.97. The molecule has 1 unspecified atom stereocenters. The van der Waals surface area contributed by atoms with Crippen molar-refractivity contribution in [2.24, 2.45) is 0 Å². The predicted octanol–water partition coefficient (Wildman–Crippen LogP) is 4.29. The highest BCUT2D eigenvalue weighted by Gasteiger charge is 2.09. The van der Waals surface area contributed by atoms with Crippen LogP contribution in [0.3, 0.4) is 0 Å². The van der Waals surface area contributed by atoms with Crippen molar-refractivity contribution in [1.29, 1.82) is 0 Å². The fourth-order valence-corrected chi connectivity index (χ4v) is 2.96. The van der Waals surface area contributed by atoms with Crippen molar-refractivity contribution in [2.45, 2.75) is 45.1 Å². The maximum Gasteiger partial charge on any atom is 0.0958 e. The van der Waals surface area contributed by atoms with E-state index in [2.05, 4.69) is 29.4 Å². The fraction of sp³-hybridized carbons (Fsp3) is 0.438. The van der Waals surface area contributed by atoms with E-state index in [9.17, 15) is 5.11 Å². The van der Waals surface area contributed by atoms with Crippen LogP contribution in [0.2, 0.25) is 0 Å². The number of hydrogen-bond donors (Lipinski definition) is 1. The predicted molar refractivity (Wildman–Crippen MR) is 81.4 cm³/mol. The number of nitrogens with zero attached hydrogens (tertiary/aromatic N) is 1. The maximum absolute atomic E-state index is 9.98. The van der Waals surface area contributed by atoms with E-state index in [1.165, 1.54) is 12.8 Å². The van der Waals surface area contributed by atoms with Crippen molar-refractivity contribution < 1.29 is 5.11 Å². The molecule has 0 aliphatic rings. The van der Waals surface area contributed by atoms with Crippen molar-refractivity contribution in [3.05, 3.63) is 40.7 Å². The average Bonchev–Trinajstić information content (AvgIpc) is 2.88. The number of rotatable bonds is 7. The number of thiazole rings is 1. The molecule has 2 aromatic rings. The summed E-state index contributed by atoms with van der Waals surface area (Å²) in [5.74, 6) is 0. The summed E-state index contributed by atoms with van der Waals surface area (Å²) >= 11 is 1.64. The number of aromatic nitrogens is 1. The summed E-state index contributed by atoms with van der Waals surface area (Å²) in [6.07, 6.45) is 4.82. The Labute approximate surface area is 119 Å². The summed E-state index contributed by atoms with van der Waals surface area (Å²) in [6, 6.07) is 10.2. The van der Waals surface area contributed by atoms with Gasteiger partial charge in [-0.1, -0.05) is 56.5 Å². The van der Waals surface area contributed by atoms with Gasteiger partial charge in [-0.05, 0) is 6.42 Å². The molecule has 1 atom stereocenters. The van der Waals surface area contributed by atoms with Crippen molar-refractivity contribution in [3.8, 4) is 11.3 Å². The van der Waals surface area contributed by atoms with Crippen LogP contribution < -0.4 is 0 Å². The lowest BCUT2D eigenvalue weighted by Gasteiger charge is -2.07. The lowest BCUT2D eigenvalue weighted by atomic mass is 10.1. The number of unbranched alkanes of at least 4 members (excludes halogenated alkanes) is 2. The topological polar surface area (TPSA) is 33.1 Å². The van der Waals surface area contributed by atoms with Crippen LogP contribution in [-0.4, -0.2) is 16.2 Å². The zero-order valence-corrected chi connectivity index (χ0v) is 12.2. The first-order chi connectivity index (χ1) is 9.29. The Balaban J connectivity index is 1.91. The van der Waals surface area contributed by atoms with Gasteiger partial charge in [0.15, 0.2) is 0 Å². The van der Waals surface area contributed by atoms with Crippen LogP contribution in [0, 0.1) is 0 Å². The van der Waals surface area contributed by atoms with E-state index < -0.39 is 0 Å². The van der Waals surface area contributed by atoms with E-state index in [0.717, 1.165) is 29.1 Å². The van der Waals surface area contributed by atoms with E-state index in [0.29, 0.717) is 6.42 Å². The second-order valence-electron chi connectivity index (χ2n) is 4.85. The smallest absolute Gasteiger partial charge is 0.0958 e. The van der Waals surface area contributed by atoms with E-state index in [4.69, 9.17) is 0 Å². The monoisotopic (exact) mass is 275 g/mol. The Kier molecular flexibility index (Phi) is 5.55. The summed E-state index contributed by atoms with van der Waals surface area (Å²) in [5, 5.41) is 13.1. The number of aliphatic hydroxyl groups excluding tert-OH is 1. The SMILES string of the molecule is CCCCCC(O)Cc1nc(-c2ccccc2)cs1. The molecule has 1 N–H and O–H groups in total. The number of aliphatic hydroxyl groups is 1. The van der Waals surface area contributed by atoms with Crippen LogP contribution in [0.5, 0.6) is 0 Å². The molecule has 0 fully saturated rings. The van der Waals surface area contributed by atoms with E-state index in [1.54, 1.807) is 11.3 Å². The molecule has 0 spiro atoms. The second kappa shape index (κ2) is 7.41. The van der Waals surface area contributed by atoms with Gasteiger partial charge in [-0.2, -0.15) is 0 Å². The van der Waals surface area contributed by atoms with Crippen LogP contribution in [0.25, 0.3) is 11.3 Å². The van der Waals surface area contributed by atoms with Crippen LogP contribution in [0.4, 0.5) is 0 Å². The van der Waals surface area contributed by atoms with Crippen LogP contribution in [0.15, 0.2) is 35.7 Å². The lowest BCUT2D eigenvalue weighted by molar-refractivity contribution is 0.161. The molecule has 0 saturated heterocycles. The van der Waals surface area contributed by atoms with Gasteiger partial charge in [0.1, 0.15) is 0 Å². The molecular formula is C16H21NOS. The van der Waals surface area contributed by atoms with E-state index in [-0.39, 0.29) is 6.10 Å². The summed E-state index contributed by atoms with van der Waals surface area (Å²) in [4.78, 5) is 4.61. The Bertz CT molecular complexity index is 481. The second-order valence-corrected chi connectivity index (χ2v) is 5.79. The third kappa shape index (κ3) is 4.44. The molecule has 0 aliphatic carbocycles. The molecule has 0 aliphatic heterocycles. The van der Waals surface area contributed by atoms with Crippen LogP contribution >= 0.6 is 11.3 Å². The largest absolute Gasteiger partial charge is 0.393 e. The van der Waals surface area contributed by atoms with Gasteiger partial charge < -0.3 is 5.11 Å². The van der Waals surface area contributed by atoms with E-state index >= 15 is 0 Å². The Morgan fingerprint density at radius 3 is 2.74 bits per heavy atom. The van der Waals surface area contributed by atoms with Crippen molar-refractivity contribution in [3.63, 3.8) is 0 Å². The van der Waals surface area contributed by atoms with Crippen molar-refractivity contribution in [1.82, 2.24) is 4.98 Å². The third-order valence-electron chi connectivity index (χ3n) is 3.17. The Morgan fingerprint density at radius 1 is 1.21 bits per heavy atom. The molecule has 0 amide bonds. The van der Waals surface area contributed by atoms with Gasteiger partial charge in [-0.3, -0.25) is 0 Å². The molecule has 19 heavy (non-hydrogen) atoms. The zero-order valence-electron chi connectivity index (χ0n) is 11.4. The Hall–Kier alpha value is -1.19. The molecule has 0 radical (unpaired) electrons. The highest BCUT2D eigenvalue weighted by atomic mass is 32.1. The highest BCUT2D eigenvalue weighted by Crippen LogP contribution is 2.22. The van der Waals surface area contributed by atoms with Gasteiger partial charge in [0, 0.05) is 17.4 Å². The summed E-state index contributed by atoms with van der Waals surface area (Å²) in [5.41, 5.74) is 2.16. The molecule has 1 aromatic carbocycles. The minimum absolute atomic E-state index is 0.249. The van der Waals surface area contributed by atoms with Crippen LogP contribution in [-0.2, 0) is 6.42 Å². The quantitative estimate of drug-likeness (QED) is 0.764. The normalized spacial score (nSPS) is 12.5. The molecule has 2 rings (SSSR count). The first kappa shape index (κ1) is 14.2. The third-order valence-corrected chi connectivity index (χ3v) is 4.04. The Morgan fingerprint density at radius 2 is 2.00 bits per heavy atom. The molecule has 3 heteroatoms. The lowest BCUT2D eigenvalue weighted by Crippen LogP contribution is -2.09. The van der Waals surface area contributed by atoms with Gasteiger partial charge in [-0.25, -0.2) is 4.98 Å². The van der Waals surface area contributed by atoms with Gasteiger partial charge >= 0.3 is 0 Å². The van der Waals surface area contributed by atoms with Crippen LogP contribution in [0.1, 0.15) is 37.6 Å². The number of benzene rings is 1. The van der Waals surface area contributed by atoms with E-state index in [1.807, 2.05) is 18.2 Å². The summed E-state index contributed by atoms with van der Waals surface area (Å²) in [6.45, 7) is 2.18. The van der Waals surface area contributed by atoms with Crippen molar-refractivity contribution in [2.75, 3.05) is 0 Å². The molecular weight excluding hydrogens is 254 g/mol. The zero-order chi connectivity index (χ0) is 13.5. The minimum Gasteiger partial charge on any atom is -0.393 e. The molecule has 1 aromatic heterocycles. The fourth-order valence-electron chi connectivity index (χ4n) is 2.08. The summed E-state index contributed by atoms with van der Waals surface area (Å²) < 4.78 is 0. The summed E-state index contributed by atoms with van der Waals surface area (Å²) in [7, 11) is 0. The molecule has 0 saturated carbocycles. The number of hydrogen-bond acceptors (Lipinski definition) is 3. The average molecular weight is 275 g/mol. The van der Waals surface area contributed by atoms with Gasteiger partial charge in [0.25, 0.3) is 0 Å².